The average Bonchev–Trinajstić information content (AvgIpc) is 2.06. The standard InChI is InChI=1S/C10H9O/c1-3-6-9-7-4-5-8-10(9)11-2/h4-5,7-8H,1H2,2H3. The molecule has 0 unspecified atom stereocenters. The molecule has 0 saturated heterocycles. The normalized spacial score (nSPS) is 8.18. The van der Waals surface area contributed by atoms with Gasteiger partial charge in [-0.05, 0) is 12.1 Å². The van der Waals surface area contributed by atoms with Crippen LogP contribution in [0.1, 0.15) is 5.56 Å². The molecule has 1 aromatic rings. The highest BCUT2D eigenvalue weighted by Crippen LogP contribution is 2.15. The highest BCUT2D eigenvalue weighted by molar-refractivity contribution is 5.45. The molecule has 1 nitrogen and oxygen atoms in total. The van der Waals surface area contributed by atoms with Crippen LogP contribution in [0.3, 0.4) is 0 Å². The van der Waals surface area contributed by atoms with Crippen LogP contribution in [0.25, 0.3) is 0 Å². The van der Waals surface area contributed by atoms with Gasteiger partial charge in [-0.15, -0.1) is 0 Å². The Morgan fingerprint density at radius 2 is 2.09 bits per heavy atom. The van der Waals surface area contributed by atoms with Gasteiger partial charge in [-0.1, -0.05) is 24.0 Å². The van der Waals surface area contributed by atoms with E-state index in [1.807, 2.05) is 24.3 Å². The molecule has 0 heterocycles. The third-order valence-corrected chi connectivity index (χ3v) is 1.33. The van der Waals surface area contributed by atoms with Gasteiger partial charge in [0, 0.05) is 6.92 Å². The zero-order valence-electron chi connectivity index (χ0n) is 6.42. The number of para-hydroxylation sites is 1. The molecule has 1 aromatic carbocycles. The molecule has 0 fully saturated rings. The quantitative estimate of drug-likeness (QED) is 0.548. The van der Waals surface area contributed by atoms with Crippen LogP contribution >= 0.6 is 0 Å². The minimum atomic E-state index is 0.795. The lowest BCUT2D eigenvalue weighted by atomic mass is 10.2. The van der Waals surface area contributed by atoms with Gasteiger partial charge in [0.1, 0.15) is 5.75 Å². The Morgan fingerprint density at radius 3 is 2.73 bits per heavy atom. The van der Waals surface area contributed by atoms with Crippen molar-refractivity contribution in [2.24, 2.45) is 0 Å². The van der Waals surface area contributed by atoms with Crippen molar-refractivity contribution < 1.29 is 4.74 Å². The van der Waals surface area contributed by atoms with Gasteiger partial charge < -0.3 is 4.74 Å². The van der Waals surface area contributed by atoms with E-state index in [9.17, 15) is 0 Å². The fourth-order valence-electron chi connectivity index (χ4n) is 0.843. The molecule has 0 N–H and O–H groups in total. The Hall–Kier alpha value is -1.42. The maximum Gasteiger partial charge on any atom is 0.134 e. The van der Waals surface area contributed by atoms with Crippen molar-refractivity contribution in [1.29, 1.82) is 0 Å². The molecule has 0 amide bonds. The van der Waals surface area contributed by atoms with Crippen LogP contribution in [-0.2, 0) is 0 Å². The van der Waals surface area contributed by atoms with Crippen LogP contribution in [0.4, 0.5) is 0 Å². The van der Waals surface area contributed by atoms with Gasteiger partial charge in [0.25, 0.3) is 0 Å². The van der Waals surface area contributed by atoms with E-state index in [0.29, 0.717) is 0 Å². The summed E-state index contributed by atoms with van der Waals surface area (Å²) in [6.07, 6.45) is 0. The number of hydrogen-bond acceptors (Lipinski definition) is 1. The lowest BCUT2D eigenvalue weighted by Crippen LogP contribution is -1.85. The predicted molar refractivity (Wildman–Crippen MR) is 45.2 cm³/mol. The monoisotopic (exact) mass is 145 g/mol. The topological polar surface area (TPSA) is 9.23 Å². The van der Waals surface area contributed by atoms with Crippen LogP contribution < -0.4 is 4.74 Å². The molecule has 0 aliphatic rings. The van der Waals surface area contributed by atoms with E-state index in [4.69, 9.17) is 4.74 Å². The minimum Gasteiger partial charge on any atom is -0.495 e. The first kappa shape index (κ1) is 7.68. The third kappa shape index (κ3) is 1.75. The molecule has 1 radical (unpaired) electrons. The highest BCUT2D eigenvalue weighted by atomic mass is 16.5. The molecule has 0 bridgehead atoms. The SMILES string of the molecule is [CH2]C#Cc1ccccc1OC. The molecule has 11 heavy (non-hydrogen) atoms. The second-order valence-corrected chi connectivity index (χ2v) is 2.00. The number of methoxy groups -OCH3 is 1. The summed E-state index contributed by atoms with van der Waals surface area (Å²) in [7, 11) is 1.63. The summed E-state index contributed by atoms with van der Waals surface area (Å²) in [6.45, 7) is 3.44. The van der Waals surface area contributed by atoms with E-state index in [1.54, 1.807) is 7.11 Å². The van der Waals surface area contributed by atoms with Gasteiger partial charge in [0.2, 0.25) is 0 Å². The van der Waals surface area contributed by atoms with Gasteiger partial charge >= 0.3 is 0 Å². The van der Waals surface area contributed by atoms with E-state index in [0.717, 1.165) is 11.3 Å². The molecule has 0 aliphatic carbocycles. The van der Waals surface area contributed by atoms with Crippen LogP contribution in [0.15, 0.2) is 24.3 Å². The summed E-state index contributed by atoms with van der Waals surface area (Å²) < 4.78 is 5.07. The fourth-order valence-corrected chi connectivity index (χ4v) is 0.843. The lowest BCUT2D eigenvalue weighted by molar-refractivity contribution is 0.413. The Morgan fingerprint density at radius 1 is 1.36 bits per heavy atom. The van der Waals surface area contributed by atoms with Crippen molar-refractivity contribution in [2.45, 2.75) is 0 Å². The van der Waals surface area contributed by atoms with Gasteiger partial charge in [-0.3, -0.25) is 0 Å². The van der Waals surface area contributed by atoms with Gasteiger partial charge in [-0.2, -0.15) is 0 Å². The van der Waals surface area contributed by atoms with Gasteiger partial charge in [-0.25, -0.2) is 0 Å². The number of ether oxygens (including phenoxy) is 1. The van der Waals surface area contributed by atoms with Crippen molar-refractivity contribution in [3.63, 3.8) is 0 Å². The van der Waals surface area contributed by atoms with Crippen molar-refractivity contribution >= 4 is 0 Å². The second-order valence-electron chi connectivity index (χ2n) is 2.00. The number of benzene rings is 1. The van der Waals surface area contributed by atoms with Crippen LogP contribution in [0, 0.1) is 18.8 Å². The lowest BCUT2D eigenvalue weighted by Gasteiger charge is -2.00. The Bertz CT molecular complexity index is 291. The van der Waals surface area contributed by atoms with E-state index >= 15 is 0 Å². The maximum atomic E-state index is 5.07. The Balaban J connectivity index is 3.09. The fraction of sp³-hybridized carbons (Fsp3) is 0.100. The van der Waals surface area contributed by atoms with E-state index in [-0.39, 0.29) is 0 Å². The molecule has 0 atom stereocenters. The van der Waals surface area contributed by atoms with Gasteiger partial charge in [0.15, 0.2) is 0 Å². The maximum absolute atomic E-state index is 5.07. The van der Waals surface area contributed by atoms with Crippen molar-refractivity contribution in [3.05, 3.63) is 36.8 Å². The summed E-state index contributed by atoms with van der Waals surface area (Å²) in [5.74, 6) is 6.21. The average molecular weight is 145 g/mol. The molecule has 1 rings (SSSR count). The molecule has 0 aromatic heterocycles. The molecule has 55 valence electrons. The van der Waals surface area contributed by atoms with Crippen LogP contribution in [0.5, 0.6) is 5.75 Å². The summed E-state index contributed by atoms with van der Waals surface area (Å²) in [6, 6.07) is 7.60. The third-order valence-electron chi connectivity index (χ3n) is 1.33. The van der Waals surface area contributed by atoms with E-state index < -0.39 is 0 Å². The first-order valence-corrected chi connectivity index (χ1v) is 3.29. The largest absolute Gasteiger partial charge is 0.495 e. The number of rotatable bonds is 1. The predicted octanol–water partition coefficient (Wildman–Crippen LogP) is 1.88. The molecular formula is C10H9O. The van der Waals surface area contributed by atoms with E-state index in [2.05, 4.69) is 18.8 Å². The summed E-state index contributed by atoms with van der Waals surface area (Å²) >= 11 is 0. The zero-order valence-corrected chi connectivity index (χ0v) is 6.42. The Kier molecular flexibility index (Phi) is 2.57. The molecule has 0 aliphatic heterocycles. The van der Waals surface area contributed by atoms with Crippen LogP contribution in [0.2, 0.25) is 0 Å². The molecule has 1 heteroatoms. The van der Waals surface area contributed by atoms with E-state index in [1.165, 1.54) is 0 Å². The summed E-state index contributed by atoms with van der Waals surface area (Å²) in [4.78, 5) is 0. The van der Waals surface area contributed by atoms with Gasteiger partial charge in [0.05, 0.1) is 12.7 Å². The summed E-state index contributed by atoms with van der Waals surface area (Å²) in [5.41, 5.74) is 0.880. The minimum absolute atomic E-state index is 0.795. The number of hydrogen-bond donors (Lipinski definition) is 0. The second kappa shape index (κ2) is 3.68. The first-order valence-electron chi connectivity index (χ1n) is 3.29. The van der Waals surface area contributed by atoms with Crippen molar-refractivity contribution in [1.82, 2.24) is 0 Å². The first-order chi connectivity index (χ1) is 5.38. The molecule has 0 spiro atoms. The molecule has 0 saturated carbocycles. The Labute approximate surface area is 67.0 Å². The van der Waals surface area contributed by atoms with Crippen LogP contribution in [-0.4, -0.2) is 7.11 Å². The molecular weight excluding hydrogens is 136 g/mol. The zero-order chi connectivity index (χ0) is 8.10. The van der Waals surface area contributed by atoms with Crippen molar-refractivity contribution in [3.8, 4) is 17.6 Å². The highest BCUT2D eigenvalue weighted by Gasteiger charge is 1.94. The van der Waals surface area contributed by atoms with Crippen molar-refractivity contribution in [2.75, 3.05) is 7.11 Å². The smallest absolute Gasteiger partial charge is 0.134 e. The summed E-state index contributed by atoms with van der Waals surface area (Å²) in [5, 5.41) is 0.